The molecule has 0 amide bonds. The second-order valence-corrected chi connectivity index (χ2v) is 9.63. The molecule has 2 aromatic rings. The molecule has 156 valence electrons. The van der Waals surface area contributed by atoms with Crippen LogP contribution in [0.2, 0.25) is 0 Å². The van der Waals surface area contributed by atoms with Crippen LogP contribution in [0.4, 0.5) is 0 Å². The minimum absolute atomic E-state index is 0.0496. The van der Waals surface area contributed by atoms with Crippen LogP contribution in [0.15, 0.2) is 42.1 Å². The topological polar surface area (TPSA) is 50.4 Å². The van der Waals surface area contributed by atoms with Crippen LogP contribution in [0.3, 0.4) is 0 Å². The van der Waals surface area contributed by atoms with Gasteiger partial charge >= 0.3 is 7.12 Å². The zero-order valence-electron chi connectivity index (χ0n) is 19.0. The van der Waals surface area contributed by atoms with Crippen molar-refractivity contribution in [2.75, 3.05) is 14.1 Å². The minimum Gasteiger partial charge on any atom is -0.399 e. The summed E-state index contributed by atoms with van der Waals surface area (Å²) in [5.74, 6) is 6.53. The van der Waals surface area contributed by atoms with Crippen LogP contribution in [0.25, 0.3) is 11.0 Å². The molecule has 6 heteroatoms. The lowest BCUT2D eigenvalue weighted by molar-refractivity contribution is 0.00578. The average molecular weight is 403 g/mol. The quantitative estimate of drug-likeness (QED) is 0.617. The highest BCUT2D eigenvalue weighted by atomic mass is 16.7. The predicted octanol–water partition coefficient (Wildman–Crippen LogP) is 3.42. The zero-order chi connectivity index (χ0) is 21.7. The molecule has 0 saturated carbocycles. The van der Waals surface area contributed by atoms with E-state index in [-0.39, 0.29) is 16.7 Å². The number of fused-ring (bicyclic) bond motifs is 1. The SMILES string of the molecule is CN(C)C1(C)C=CC(C#Cc2cc3c(B4OC(C)(C)C(C)(C)O4)ccnc3[nH]2)=CC1. The predicted molar refractivity (Wildman–Crippen MR) is 123 cm³/mol. The fraction of sp³-hybridized carbons (Fsp3) is 0.458. The Labute approximate surface area is 179 Å². The molecule has 1 atom stereocenters. The lowest BCUT2D eigenvalue weighted by atomic mass is 9.78. The third kappa shape index (κ3) is 3.62. The van der Waals surface area contributed by atoms with Gasteiger partial charge in [-0.15, -0.1) is 0 Å². The molecule has 3 heterocycles. The lowest BCUT2D eigenvalue weighted by Gasteiger charge is -2.34. The number of H-pyrrole nitrogens is 1. The first-order chi connectivity index (χ1) is 14.0. The van der Waals surface area contributed by atoms with Crippen molar-refractivity contribution in [1.82, 2.24) is 14.9 Å². The number of rotatable bonds is 2. The van der Waals surface area contributed by atoms with Gasteiger partial charge in [0.05, 0.1) is 16.9 Å². The van der Waals surface area contributed by atoms with E-state index in [0.29, 0.717) is 0 Å². The molecule has 1 unspecified atom stereocenters. The number of nitrogens with one attached hydrogen (secondary N) is 1. The van der Waals surface area contributed by atoms with Gasteiger partial charge in [0.1, 0.15) is 5.65 Å². The number of likely N-dealkylation sites (N-methyl/N-ethyl adjacent to an activating group) is 1. The molecule has 5 nitrogen and oxygen atoms in total. The Kier molecular flexibility index (Phi) is 4.97. The van der Waals surface area contributed by atoms with Gasteiger partial charge in [-0.1, -0.05) is 18.1 Å². The highest BCUT2D eigenvalue weighted by Crippen LogP contribution is 2.37. The van der Waals surface area contributed by atoms with Crippen molar-refractivity contribution >= 4 is 23.6 Å². The second kappa shape index (κ2) is 7.13. The van der Waals surface area contributed by atoms with Crippen LogP contribution in [0.5, 0.6) is 0 Å². The Balaban J connectivity index is 1.60. The molecule has 1 aliphatic carbocycles. The Morgan fingerprint density at radius 1 is 1.10 bits per heavy atom. The standard InChI is InChI=1S/C24H30BN3O2/c1-22(2)23(3,4)30-25(29-22)20-12-15-26-21-19(20)16-18(27-21)9-8-17-10-13-24(5,14-11-17)28(6)7/h10-13,15-16H,14H2,1-7H3,(H,26,27). The van der Waals surface area contributed by atoms with E-state index in [1.165, 1.54) is 0 Å². The molecular weight excluding hydrogens is 373 g/mol. The Bertz CT molecular complexity index is 1080. The largest absolute Gasteiger partial charge is 0.495 e. The van der Waals surface area contributed by atoms with E-state index in [9.17, 15) is 0 Å². The number of aromatic amines is 1. The fourth-order valence-electron chi connectivity index (χ4n) is 3.58. The summed E-state index contributed by atoms with van der Waals surface area (Å²) in [4.78, 5) is 10.0. The Morgan fingerprint density at radius 3 is 2.40 bits per heavy atom. The number of pyridine rings is 1. The van der Waals surface area contributed by atoms with Crippen molar-refractivity contribution in [3.63, 3.8) is 0 Å². The Hall–Kier alpha value is -2.33. The smallest absolute Gasteiger partial charge is 0.399 e. The van der Waals surface area contributed by atoms with Gasteiger partial charge < -0.3 is 19.2 Å². The summed E-state index contributed by atoms with van der Waals surface area (Å²) >= 11 is 0. The second-order valence-electron chi connectivity index (χ2n) is 9.63. The van der Waals surface area contributed by atoms with Crippen LogP contribution in [-0.2, 0) is 9.31 Å². The maximum atomic E-state index is 6.24. The van der Waals surface area contributed by atoms with Crippen molar-refractivity contribution < 1.29 is 9.31 Å². The first-order valence-electron chi connectivity index (χ1n) is 10.4. The molecule has 0 spiro atoms. The molecule has 1 saturated heterocycles. The van der Waals surface area contributed by atoms with Crippen molar-refractivity contribution in [1.29, 1.82) is 0 Å². The van der Waals surface area contributed by atoms with Crippen LogP contribution in [0.1, 0.15) is 46.7 Å². The minimum atomic E-state index is -0.426. The summed E-state index contributed by atoms with van der Waals surface area (Å²) in [6.07, 6.45) is 9.25. The monoisotopic (exact) mass is 403 g/mol. The number of allylic oxidation sites excluding steroid dienone is 2. The van der Waals surface area contributed by atoms with E-state index in [1.807, 2.05) is 12.1 Å². The summed E-state index contributed by atoms with van der Waals surface area (Å²) in [6, 6.07) is 4.00. The van der Waals surface area contributed by atoms with Gasteiger partial charge in [0.25, 0.3) is 0 Å². The first kappa shape index (κ1) is 20.9. The summed E-state index contributed by atoms with van der Waals surface area (Å²) in [7, 11) is 3.78. The average Bonchev–Trinajstić information content (AvgIpc) is 3.18. The maximum absolute atomic E-state index is 6.24. The van der Waals surface area contributed by atoms with Gasteiger partial charge in [0, 0.05) is 22.7 Å². The van der Waals surface area contributed by atoms with E-state index in [1.54, 1.807) is 6.20 Å². The molecule has 2 aliphatic rings. The highest BCUT2D eigenvalue weighted by Gasteiger charge is 2.52. The molecule has 4 rings (SSSR count). The van der Waals surface area contributed by atoms with Crippen LogP contribution < -0.4 is 5.46 Å². The molecule has 2 aromatic heterocycles. The molecule has 1 aliphatic heterocycles. The molecule has 0 aromatic carbocycles. The summed E-state index contributed by atoms with van der Waals surface area (Å²) < 4.78 is 12.5. The molecule has 1 fully saturated rings. The van der Waals surface area contributed by atoms with E-state index < -0.39 is 7.12 Å². The molecule has 1 N–H and O–H groups in total. The van der Waals surface area contributed by atoms with Gasteiger partial charge in [-0.25, -0.2) is 4.98 Å². The number of aromatic nitrogens is 2. The van der Waals surface area contributed by atoms with E-state index >= 15 is 0 Å². The van der Waals surface area contributed by atoms with Gasteiger partial charge in [-0.3, -0.25) is 0 Å². The van der Waals surface area contributed by atoms with E-state index in [0.717, 1.165) is 34.2 Å². The van der Waals surface area contributed by atoms with Crippen molar-refractivity contribution in [2.45, 2.75) is 57.8 Å². The van der Waals surface area contributed by atoms with Gasteiger partial charge in [-0.05, 0) is 84.7 Å². The molecule has 30 heavy (non-hydrogen) atoms. The Morgan fingerprint density at radius 2 is 1.80 bits per heavy atom. The van der Waals surface area contributed by atoms with Gasteiger partial charge in [0.15, 0.2) is 0 Å². The number of hydrogen-bond donors (Lipinski definition) is 1. The van der Waals surface area contributed by atoms with Gasteiger partial charge in [-0.2, -0.15) is 0 Å². The number of nitrogens with zero attached hydrogens (tertiary/aromatic N) is 2. The normalized spacial score (nSPS) is 24.8. The maximum Gasteiger partial charge on any atom is 0.495 e. The molecular formula is C24H30BN3O2. The summed E-state index contributed by atoms with van der Waals surface area (Å²) in [6.45, 7) is 10.5. The van der Waals surface area contributed by atoms with Crippen molar-refractivity contribution in [3.05, 3.63) is 47.8 Å². The zero-order valence-corrected chi connectivity index (χ0v) is 19.0. The van der Waals surface area contributed by atoms with Crippen LogP contribution >= 0.6 is 0 Å². The third-order valence-corrected chi connectivity index (χ3v) is 6.79. The number of hydrogen-bond acceptors (Lipinski definition) is 4. The van der Waals surface area contributed by atoms with Crippen LogP contribution in [0, 0.1) is 11.8 Å². The molecule has 0 radical (unpaired) electrons. The first-order valence-corrected chi connectivity index (χ1v) is 10.4. The van der Waals surface area contributed by atoms with E-state index in [4.69, 9.17) is 9.31 Å². The van der Waals surface area contributed by atoms with Crippen molar-refractivity contribution in [2.24, 2.45) is 0 Å². The van der Waals surface area contributed by atoms with Crippen LogP contribution in [-0.4, -0.2) is 52.8 Å². The highest BCUT2D eigenvalue weighted by molar-refractivity contribution is 6.65. The fourth-order valence-corrected chi connectivity index (χ4v) is 3.58. The van der Waals surface area contributed by atoms with E-state index in [2.05, 4.69) is 93.7 Å². The van der Waals surface area contributed by atoms with Gasteiger partial charge in [0.2, 0.25) is 0 Å². The van der Waals surface area contributed by atoms with Crippen molar-refractivity contribution in [3.8, 4) is 11.8 Å². The summed E-state index contributed by atoms with van der Waals surface area (Å²) in [5.41, 5.74) is 2.92. The summed E-state index contributed by atoms with van der Waals surface area (Å²) in [5, 5.41) is 0.980. The molecule has 0 bridgehead atoms. The third-order valence-electron chi connectivity index (χ3n) is 6.79. The lowest BCUT2D eigenvalue weighted by Crippen LogP contribution is -2.41.